The number of hydrogen-bond acceptors (Lipinski definition) is 6. The van der Waals surface area contributed by atoms with Crippen molar-refractivity contribution < 1.29 is 9.84 Å². The second-order valence-electron chi connectivity index (χ2n) is 3.53. The highest BCUT2D eigenvalue weighted by molar-refractivity contribution is 7.80. The molecule has 1 aliphatic rings. The number of anilines is 1. The second-order valence-corrected chi connectivity index (χ2v) is 3.93. The Kier molecular flexibility index (Phi) is 4.18. The Morgan fingerprint density at radius 2 is 2.24 bits per heavy atom. The van der Waals surface area contributed by atoms with Crippen LogP contribution in [0.15, 0.2) is 12.4 Å². The highest BCUT2D eigenvalue weighted by Gasteiger charge is 2.13. The maximum absolute atomic E-state index is 8.74. The summed E-state index contributed by atoms with van der Waals surface area (Å²) in [5, 5.41) is 11.4. The number of aromatic nitrogens is 2. The molecule has 6 nitrogen and oxygen atoms in total. The van der Waals surface area contributed by atoms with Gasteiger partial charge in [-0.25, -0.2) is 4.98 Å². The van der Waals surface area contributed by atoms with E-state index in [1.54, 1.807) is 12.4 Å². The standard InChI is InChI=1S/C10H14N4O2S/c15-7-12-10(17)8-5-11-6-9(13-8)14-1-3-16-4-2-14/h5-6,15H,1-4,7H2,(H,12,17). The lowest BCUT2D eigenvalue weighted by molar-refractivity contribution is 0.122. The van der Waals surface area contributed by atoms with Crippen LogP contribution in [-0.2, 0) is 4.74 Å². The van der Waals surface area contributed by atoms with Crippen molar-refractivity contribution in [2.45, 2.75) is 0 Å². The van der Waals surface area contributed by atoms with E-state index >= 15 is 0 Å². The number of aliphatic hydroxyl groups excluding tert-OH is 1. The number of nitrogens with one attached hydrogen (secondary N) is 1. The second kappa shape index (κ2) is 5.85. The Bertz CT molecular complexity index is 396. The van der Waals surface area contributed by atoms with Gasteiger partial charge in [-0.05, 0) is 0 Å². The van der Waals surface area contributed by atoms with E-state index in [1.807, 2.05) is 0 Å². The third kappa shape index (κ3) is 3.09. The predicted molar refractivity (Wildman–Crippen MR) is 67.0 cm³/mol. The normalized spacial score (nSPS) is 15.7. The molecule has 1 saturated heterocycles. The van der Waals surface area contributed by atoms with Gasteiger partial charge < -0.3 is 20.1 Å². The number of rotatable bonds is 3. The van der Waals surface area contributed by atoms with Gasteiger partial charge >= 0.3 is 0 Å². The summed E-state index contributed by atoms with van der Waals surface area (Å²) in [6, 6.07) is 0. The molecule has 17 heavy (non-hydrogen) atoms. The molecular formula is C10H14N4O2S. The molecule has 2 heterocycles. The summed E-state index contributed by atoms with van der Waals surface area (Å²) in [4.78, 5) is 11.0. The summed E-state index contributed by atoms with van der Waals surface area (Å²) < 4.78 is 5.28. The zero-order valence-corrected chi connectivity index (χ0v) is 10.1. The molecule has 1 fully saturated rings. The highest BCUT2D eigenvalue weighted by atomic mass is 32.1. The van der Waals surface area contributed by atoms with Crippen LogP contribution >= 0.6 is 12.2 Å². The first-order valence-electron chi connectivity index (χ1n) is 5.35. The zero-order valence-electron chi connectivity index (χ0n) is 9.30. The molecule has 0 aliphatic carbocycles. The van der Waals surface area contributed by atoms with Gasteiger partial charge in [-0.1, -0.05) is 12.2 Å². The number of nitrogens with zero attached hydrogens (tertiary/aromatic N) is 3. The van der Waals surface area contributed by atoms with Gasteiger partial charge in [-0.15, -0.1) is 0 Å². The quantitative estimate of drug-likeness (QED) is 0.558. The van der Waals surface area contributed by atoms with Crippen molar-refractivity contribution in [2.24, 2.45) is 0 Å². The summed E-state index contributed by atoms with van der Waals surface area (Å²) >= 11 is 5.06. The van der Waals surface area contributed by atoms with Crippen LogP contribution in [0.1, 0.15) is 5.69 Å². The number of ether oxygens (including phenoxy) is 1. The summed E-state index contributed by atoms with van der Waals surface area (Å²) in [5.74, 6) is 0.785. The van der Waals surface area contributed by atoms with Gasteiger partial charge in [-0.3, -0.25) is 4.98 Å². The first-order valence-corrected chi connectivity index (χ1v) is 5.76. The Balaban J connectivity index is 2.12. The molecule has 1 aromatic rings. The van der Waals surface area contributed by atoms with Gasteiger partial charge in [0.1, 0.15) is 23.2 Å². The van der Waals surface area contributed by atoms with Crippen LogP contribution in [0.5, 0.6) is 0 Å². The SMILES string of the molecule is OCNC(=S)c1cncc(N2CCOCC2)n1. The minimum Gasteiger partial charge on any atom is -0.378 e. The van der Waals surface area contributed by atoms with E-state index in [0.29, 0.717) is 23.9 Å². The molecular weight excluding hydrogens is 240 g/mol. The number of morpholine rings is 1. The molecule has 2 N–H and O–H groups in total. The summed E-state index contributed by atoms with van der Waals surface area (Å²) in [5.41, 5.74) is 0.568. The van der Waals surface area contributed by atoms with Crippen molar-refractivity contribution in [1.29, 1.82) is 0 Å². The van der Waals surface area contributed by atoms with Crippen LogP contribution in [0.4, 0.5) is 5.82 Å². The molecule has 0 atom stereocenters. The smallest absolute Gasteiger partial charge is 0.148 e. The van der Waals surface area contributed by atoms with E-state index in [2.05, 4.69) is 20.2 Å². The molecule has 0 aromatic carbocycles. The van der Waals surface area contributed by atoms with Gasteiger partial charge in [0.15, 0.2) is 0 Å². The Hall–Kier alpha value is -1.31. The maximum atomic E-state index is 8.74. The van der Waals surface area contributed by atoms with Gasteiger partial charge in [0, 0.05) is 13.1 Å². The van der Waals surface area contributed by atoms with Crippen LogP contribution in [-0.4, -0.2) is 53.1 Å². The fraction of sp³-hybridized carbons (Fsp3) is 0.500. The van der Waals surface area contributed by atoms with Crippen molar-refractivity contribution in [3.8, 4) is 0 Å². The third-order valence-corrected chi connectivity index (χ3v) is 2.78. The fourth-order valence-electron chi connectivity index (χ4n) is 1.57. The lowest BCUT2D eigenvalue weighted by Crippen LogP contribution is -2.37. The Morgan fingerprint density at radius 3 is 2.94 bits per heavy atom. The lowest BCUT2D eigenvalue weighted by atomic mass is 10.4. The lowest BCUT2D eigenvalue weighted by Gasteiger charge is -2.27. The average molecular weight is 254 g/mol. The third-order valence-electron chi connectivity index (χ3n) is 2.43. The van der Waals surface area contributed by atoms with Crippen LogP contribution in [0.3, 0.4) is 0 Å². The van der Waals surface area contributed by atoms with Gasteiger partial charge in [0.05, 0.1) is 25.6 Å². The largest absolute Gasteiger partial charge is 0.378 e. The molecule has 0 radical (unpaired) electrons. The van der Waals surface area contributed by atoms with Crippen molar-refractivity contribution in [2.75, 3.05) is 37.9 Å². The van der Waals surface area contributed by atoms with Crippen LogP contribution < -0.4 is 10.2 Å². The molecule has 7 heteroatoms. The molecule has 0 bridgehead atoms. The van der Waals surface area contributed by atoms with E-state index < -0.39 is 0 Å². The van der Waals surface area contributed by atoms with Crippen LogP contribution in [0, 0.1) is 0 Å². The highest BCUT2D eigenvalue weighted by Crippen LogP contribution is 2.11. The summed E-state index contributed by atoms with van der Waals surface area (Å²) in [6.45, 7) is 2.80. The number of hydrogen-bond donors (Lipinski definition) is 2. The maximum Gasteiger partial charge on any atom is 0.148 e. The first kappa shape index (κ1) is 12.2. The molecule has 0 amide bonds. The molecule has 0 saturated carbocycles. The minimum atomic E-state index is -0.206. The summed E-state index contributed by atoms with van der Waals surface area (Å²) in [7, 11) is 0. The molecule has 1 aromatic heterocycles. The van der Waals surface area contributed by atoms with Crippen molar-refractivity contribution in [3.63, 3.8) is 0 Å². The van der Waals surface area contributed by atoms with E-state index in [9.17, 15) is 0 Å². The van der Waals surface area contributed by atoms with Crippen LogP contribution in [0.25, 0.3) is 0 Å². The summed E-state index contributed by atoms with van der Waals surface area (Å²) in [6.07, 6.45) is 3.28. The van der Waals surface area contributed by atoms with Crippen molar-refractivity contribution in [3.05, 3.63) is 18.1 Å². The van der Waals surface area contributed by atoms with E-state index in [4.69, 9.17) is 22.1 Å². The van der Waals surface area contributed by atoms with Crippen molar-refractivity contribution >= 4 is 23.0 Å². The molecule has 92 valence electrons. The van der Waals surface area contributed by atoms with E-state index in [-0.39, 0.29) is 6.73 Å². The van der Waals surface area contributed by atoms with E-state index in [0.717, 1.165) is 18.9 Å². The fourth-order valence-corrected chi connectivity index (χ4v) is 1.74. The first-order chi connectivity index (χ1) is 8.31. The minimum absolute atomic E-state index is 0.206. The molecule has 0 spiro atoms. The molecule has 2 rings (SSSR count). The van der Waals surface area contributed by atoms with Crippen molar-refractivity contribution in [1.82, 2.24) is 15.3 Å². The Labute approximate surface area is 105 Å². The topological polar surface area (TPSA) is 70.5 Å². The Morgan fingerprint density at radius 1 is 1.47 bits per heavy atom. The average Bonchev–Trinajstić information content (AvgIpc) is 2.40. The molecule has 0 unspecified atom stereocenters. The van der Waals surface area contributed by atoms with E-state index in [1.165, 1.54) is 0 Å². The predicted octanol–water partition coefficient (Wildman–Crippen LogP) is -0.472. The van der Waals surface area contributed by atoms with Gasteiger partial charge in [0.25, 0.3) is 0 Å². The monoisotopic (exact) mass is 254 g/mol. The number of thiocarbonyl (C=S) groups is 1. The van der Waals surface area contributed by atoms with Crippen LogP contribution in [0.2, 0.25) is 0 Å². The number of aliphatic hydroxyl groups is 1. The van der Waals surface area contributed by atoms with Gasteiger partial charge in [-0.2, -0.15) is 0 Å². The van der Waals surface area contributed by atoms with Gasteiger partial charge in [0.2, 0.25) is 0 Å². The zero-order chi connectivity index (χ0) is 12.1. The molecule has 1 aliphatic heterocycles.